The van der Waals surface area contributed by atoms with Crippen molar-refractivity contribution in [3.8, 4) is 5.75 Å². The maximum Gasteiger partial charge on any atom is 0.124 e. The third-order valence-electron chi connectivity index (χ3n) is 4.13. The third-order valence-corrected chi connectivity index (χ3v) is 4.63. The van der Waals surface area contributed by atoms with E-state index in [-0.39, 0.29) is 0 Å². The van der Waals surface area contributed by atoms with Crippen molar-refractivity contribution in [2.75, 3.05) is 39.5 Å². The minimum Gasteiger partial charge on any atom is -0.493 e. The minimum atomic E-state index is 0.377. The summed E-state index contributed by atoms with van der Waals surface area (Å²) in [5.74, 6) is 1.01. The summed E-state index contributed by atoms with van der Waals surface area (Å²) in [6.07, 6.45) is 1.02. The van der Waals surface area contributed by atoms with E-state index in [1.165, 1.54) is 5.56 Å². The molecule has 2 unspecified atom stereocenters. The average molecular weight is 355 g/mol. The predicted octanol–water partition coefficient (Wildman–Crippen LogP) is 2.58. The molecule has 0 aliphatic carbocycles. The van der Waals surface area contributed by atoms with Crippen molar-refractivity contribution in [1.82, 2.24) is 10.2 Å². The van der Waals surface area contributed by atoms with Crippen LogP contribution >= 0.6 is 15.9 Å². The number of nitrogens with one attached hydrogen (secondary N) is 1. The predicted molar refractivity (Wildman–Crippen MR) is 86.9 cm³/mol. The quantitative estimate of drug-likeness (QED) is 0.900. The van der Waals surface area contributed by atoms with E-state index < -0.39 is 0 Å². The van der Waals surface area contributed by atoms with Crippen molar-refractivity contribution in [2.24, 2.45) is 0 Å². The average Bonchev–Trinajstić information content (AvgIpc) is 2.49. The van der Waals surface area contributed by atoms with E-state index in [2.05, 4.69) is 45.2 Å². The highest BCUT2D eigenvalue weighted by Gasteiger charge is 2.24. The molecule has 4 nitrogen and oxygen atoms in total. The van der Waals surface area contributed by atoms with Gasteiger partial charge in [-0.05, 0) is 25.1 Å². The summed E-state index contributed by atoms with van der Waals surface area (Å²) >= 11 is 3.56. The molecule has 1 N–H and O–H groups in total. The first-order chi connectivity index (χ1) is 10.2. The fourth-order valence-corrected chi connectivity index (χ4v) is 3.48. The highest BCUT2D eigenvalue weighted by Crippen LogP contribution is 2.34. The van der Waals surface area contributed by atoms with Crippen molar-refractivity contribution in [2.45, 2.75) is 25.4 Å². The summed E-state index contributed by atoms with van der Waals surface area (Å²) in [5.41, 5.74) is 1.27. The maximum atomic E-state index is 5.75. The zero-order valence-electron chi connectivity index (χ0n) is 12.5. The number of ether oxygens (including phenoxy) is 2. The first-order valence-corrected chi connectivity index (χ1v) is 8.50. The Bertz CT molecular complexity index is 477. The molecular weight excluding hydrogens is 332 g/mol. The lowest BCUT2D eigenvalue weighted by molar-refractivity contribution is 0.0335. The van der Waals surface area contributed by atoms with Crippen molar-refractivity contribution < 1.29 is 9.47 Å². The third kappa shape index (κ3) is 3.97. The SMILES string of the molecule is CC(CN1CCOCC1)NC1CCOc2ccc(Br)cc21. The summed E-state index contributed by atoms with van der Waals surface area (Å²) in [4.78, 5) is 2.47. The number of rotatable bonds is 4. The largest absolute Gasteiger partial charge is 0.493 e. The van der Waals surface area contributed by atoms with Crippen molar-refractivity contribution in [1.29, 1.82) is 0 Å². The number of benzene rings is 1. The fourth-order valence-electron chi connectivity index (χ4n) is 3.11. The molecule has 1 aromatic carbocycles. The van der Waals surface area contributed by atoms with Crippen LogP contribution in [-0.4, -0.2) is 50.4 Å². The lowest BCUT2D eigenvalue weighted by Crippen LogP contribution is -2.45. The van der Waals surface area contributed by atoms with Gasteiger partial charge in [-0.15, -0.1) is 0 Å². The van der Waals surface area contributed by atoms with E-state index >= 15 is 0 Å². The van der Waals surface area contributed by atoms with E-state index in [9.17, 15) is 0 Å². The molecule has 0 bridgehead atoms. The molecule has 0 amide bonds. The lowest BCUT2D eigenvalue weighted by Gasteiger charge is -2.33. The molecule has 21 heavy (non-hydrogen) atoms. The van der Waals surface area contributed by atoms with Gasteiger partial charge in [0, 0.05) is 48.2 Å². The zero-order valence-corrected chi connectivity index (χ0v) is 14.1. The standard InChI is InChI=1S/C16H23BrN2O2/c1-12(11-19-5-8-20-9-6-19)18-15-4-7-21-16-3-2-13(17)10-14(15)16/h2-3,10,12,15,18H,4-9,11H2,1H3. The first-order valence-electron chi connectivity index (χ1n) is 7.71. The second kappa shape index (κ2) is 7.09. The van der Waals surface area contributed by atoms with Gasteiger partial charge in [-0.1, -0.05) is 15.9 Å². The van der Waals surface area contributed by atoms with Crippen molar-refractivity contribution in [3.63, 3.8) is 0 Å². The van der Waals surface area contributed by atoms with Gasteiger partial charge in [-0.2, -0.15) is 0 Å². The molecule has 1 aromatic rings. The Morgan fingerprint density at radius 1 is 1.33 bits per heavy atom. The van der Waals surface area contributed by atoms with Crippen LogP contribution in [0.25, 0.3) is 0 Å². The van der Waals surface area contributed by atoms with E-state index in [1.807, 2.05) is 6.07 Å². The molecule has 5 heteroatoms. The molecule has 0 radical (unpaired) electrons. The van der Waals surface area contributed by atoms with Crippen LogP contribution in [0.15, 0.2) is 22.7 Å². The molecule has 0 saturated carbocycles. The second-order valence-corrected chi connectivity index (χ2v) is 6.77. The Hall–Kier alpha value is -0.620. The molecule has 2 heterocycles. The number of morpholine rings is 1. The van der Waals surface area contributed by atoms with Crippen LogP contribution in [-0.2, 0) is 4.74 Å². The van der Waals surface area contributed by atoms with Gasteiger partial charge in [-0.3, -0.25) is 4.90 Å². The van der Waals surface area contributed by atoms with E-state index in [0.29, 0.717) is 12.1 Å². The summed E-state index contributed by atoms with van der Waals surface area (Å²) in [7, 11) is 0. The van der Waals surface area contributed by atoms with E-state index in [1.54, 1.807) is 0 Å². The number of fused-ring (bicyclic) bond motifs is 1. The van der Waals surface area contributed by atoms with E-state index in [4.69, 9.17) is 9.47 Å². The fraction of sp³-hybridized carbons (Fsp3) is 0.625. The lowest BCUT2D eigenvalue weighted by atomic mass is 9.99. The summed E-state index contributed by atoms with van der Waals surface area (Å²) in [5, 5.41) is 3.77. The Morgan fingerprint density at radius 2 is 2.14 bits per heavy atom. The molecular formula is C16H23BrN2O2. The highest BCUT2D eigenvalue weighted by atomic mass is 79.9. The normalized spacial score (nSPS) is 24.2. The van der Waals surface area contributed by atoms with Crippen LogP contribution in [0.4, 0.5) is 0 Å². The van der Waals surface area contributed by atoms with Crippen molar-refractivity contribution >= 4 is 15.9 Å². The monoisotopic (exact) mass is 354 g/mol. The molecule has 1 fully saturated rings. The highest BCUT2D eigenvalue weighted by molar-refractivity contribution is 9.10. The van der Waals surface area contributed by atoms with Gasteiger partial charge in [0.05, 0.1) is 19.8 Å². The Balaban J connectivity index is 1.61. The van der Waals surface area contributed by atoms with Crippen LogP contribution < -0.4 is 10.1 Å². The molecule has 3 rings (SSSR count). The Kier molecular flexibility index (Phi) is 5.16. The Morgan fingerprint density at radius 3 is 2.95 bits per heavy atom. The molecule has 2 aliphatic heterocycles. The summed E-state index contributed by atoms with van der Waals surface area (Å²) < 4.78 is 12.3. The zero-order chi connectivity index (χ0) is 14.7. The van der Waals surface area contributed by atoms with Gasteiger partial charge in [0.1, 0.15) is 5.75 Å². The number of hydrogen-bond acceptors (Lipinski definition) is 4. The van der Waals surface area contributed by atoms with Gasteiger partial charge < -0.3 is 14.8 Å². The number of nitrogens with zero attached hydrogens (tertiary/aromatic N) is 1. The van der Waals surface area contributed by atoms with Gasteiger partial charge in [-0.25, -0.2) is 0 Å². The van der Waals surface area contributed by atoms with Crippen molar-refractivity contribution in [3.05, 3.63) is 28.2 Å². The second-order valence-electron chi connectivity index (χ2n) is 5.85. The van der Waals surface area contributed by atoms with E-state index in [0.717, 1.165) is 56.1 Å². The van der Waals surface area contributed by atoms with Crippen LogP contribution in [0.1, 0.15) is 24.9 Å². The smallest absolute Gasteiger partial charge is 0.124 e. The topological polar surface area (TPSA) is 33.7 Å². The molecule has 116 valence electrons. The van der Waals surface area contributed by atoms with Gasteiger partial charge in [0.15, 0.2) is 0 Å². The summed E-state index contributed by atoms with van der Waals surface area (Å²) in [6, 6.07) is 7.10. The van der Waals surface area contributed by atoms with Crippen LogP contribution in [0.2, 0.25) is 0 Å². The van der Waals surface area contributed by atoms with Crippen LogP contribution in [0, 0.1) is 0 Å². The molecule has 0 spiro atoms. The molecule has 2 atom stereocenters. The number of halogens is 1. The van der Waals surface area contributed by atoms with Crippen LogP contribution in [0.3, 0.4) is 0 Å². The summed E-state index contributed by atoms with van der Waals surface area (Å²) in [6.45, 7) is 7.94. The van der Waals surface area contributed by atoms with Gasteiger partial charge in [0.25, 0.3) is 0 Å². The molecule has 1 saturated heterocycles. The Labute approximate surface area is 134 Å². The van der Waals surface area contributed by atoms with Crippen LogP contribution in [0.5, 0.6) is 5.75 Å². The molecule has 0 aromatic heterocycles. The van der Waals surface area contributed by atoms with Gasteiger partial charge >= 0.3 is 0 Å². The first kappa shape index (κ1) is 15.3. The number of hydrogen-bond donors (Lipinski definition) is 1. The molecule has 2 aliphatic rings. The van der Waals surface area contributed by atoms with Gasteiger partial charge in [0.2, 0.25) is 0 Å². The minimum absolute atomic E-state index is 0.377. The maximum absolute atomic E-state index is 5.75.